The van der Waals surface area contributed by atoms with Crippen LogP contribution in [0.3, 0.4) is 0 Å². The van der Waals surface area contributed by atoms with Crippen LogP contribution in [-0.4, -0.2) is 16.1 Å². The first-order valence-corrected chi connectivity index (χ1v) is 5.25. The van der Waals surface area contributed by atoms with Gasteiger partial charge in [0.25, 0.3) is 0 Å². The summed E-state index contributed by atoms with van der Waals surface area (Å²) < 4.78 is 37.6. The second-order valence-corrected chi connectivity index (χ2v) is 3.81. The predicted molar refractivity (Wildman–Crippen MR) is 61.6 cm³/mol. The van der Waals surface area contributed by atoms with Crippen molar-refractivity contribution < 1.29 is 23.1 Å². The van der Waals surface area contributed by atoms with Crippen molar-refractivity contribution in [1.29, 1.82) is 0 Å². The zero-order valence-electron chi connectivity index (χ0n) is 9.48. The number of rotatable bonds is 2. The molecule has 6 heteroatoms. The third-order valence-corrected chi connectivity index (χ3v) is 2.49. The molecule has 1 aromatic carbocycles. The van der Waals surface area contributed by atoms with E-state index >= 15 is 0 Å². The van der Waals surface area contributed by atoms with Crippen molar-refractivity contribution in [2.24, 2.45) is 0 Å². The van der Waals surface area contributed by atoms with Gasteiger partial charge in [0.1, 0.15) is 5.69 Å². The number of carbonyl (C=O) groups is 1. The molecule has 0 radical (unpaired) electrons. The number of aromatic carboxylic acids is 1. The summed E-state index contributed by atoms with van der Waals surface area (Å²) in [6.07, 6.45) is -3.48. The second-order valence-electron chi connectivity index (χ2n) is 3.81. The Morgan fingerprint density at radius 2 is 1.79 bits per heavy atom. The van der Waals surface area contributed by atoms with Gasteiger partial charge in [-0.3, -0.25) is 4.98 Å². The minimum absolute atomic E-state index is 0.0165. The van der Waals surface area contributed by atoms with Crippen molar-refractivity contribution >= 4 is 5.97 Å². The molecule has 3 nitrogen and oxygen atoms in total. The average Bonchev–Trinajstić information content (AvgIpc) is 2.38. The summed E-state index contributed by atoms with van der Waals surface area (Å²) in [5, 5.41) is 8.85. The van der Waals surface area contributed by atoms with Gasteiger partial charge in [0, 0.05) is 6.20 Å². The summed E-state index contributed by atoms with van der Waals surface area (Å²) in [5.41, 5.74) is -0.327. The van der Waals surface area contributed by atoms with E-state index in [2.05, 4.69) is 4.98 Å². The van der Waals surface area contributed by atoms with Gasteiger partial charge in [-0.05, 0) is 35.4 Å². The van der Waals surface area contributed by atoms with Crippen LogP contribution in [0.4, 0.5) is 13.2 Å². The molecular formula is C13H8F3NO2. The van der Waals surface area contributed by atoms with E-state index in [0.717, 1.165) is 12.3 Å². The summed E-state index contributed by atoms with van der Waals surface area (Å²) in [7, 11) is 0. The summed E-state index contributed by atoms with van der Waals surface area (Å²) in [5.74, 6) is -1.13. The van der Waals surface area contributed by atoms with E-state index in [4.69, 9.17) is 5.11 Å². The van der Waals surface area contributed by atoms with Gasteiger partial charge in [-0.1, -0.05) is 12.1 Å². The third kappa shape index (κ3) is 2.90. The van der Waals surface area contributed by atoms with Crippen LogP contribution in [0.1, 0.15) is 16.1 Å². The number of carboxylic acids is 1. The molecule has 0 bridgehead atoms. The molecule has 2 rings (SSSR count). The molecular weight excluding hydrogens is 259 g/mol. The van der Waals surface area contributed by atoms with Crippen molar-refractivity contribution in [3.05, 3.63) is 53.9 Å². The van der Waals surface area contributed by atoms with Crippen molar-refractivity contribution in [3.8, 4) is 11.1 Å². The lowest BCUT2D eigenvalue weighted by Crippen LogP contribution is -2.07. The van der Waals surface area contributed by atoms with Crippen molar-refractivity contribution in [3.63, 3.8) is 0 Å². The zero-order chi connectivity index (χ0) is 14.0. The minimum Gasteiger partial charge on any atom is -0.478 e. The van der Waals surface area contributed by atoms with E-state index in [1.54, 1.807) is 6.07 Å². The highest BCUT2D eigenvalue weighted by Gasteiger charge is 2.32. The van der Waals surface area contributed by atoms with E-state index < -0.39 is 17.8 Å². The van der Waals surface area contributed by atoms with Gasteiger partial charge in [-0.2, -0.15) is 13.2 Å². The van der Waals surface area contributed by atoms with E-state index in [1.165, 1.54) is 24.3 Å². The first-order chi connectivity index (χ1) is 8.88. The highest BCUT2D eigenvalue weighted by molar-refractivity contribution is 5.89. The molecule has 0 unspecified atom stereocenters. The first kappa shape index (κ1) is 13.1. The molecule has 1 N–H and O–H groups in total. The predicted octanol–water partition coefficient (Wildman–Crippen LogP) is 3.47. The van der Waals surface area contributed by atoms with E-state index in [9.17, 15) is 18.0 Å². The van der Waals surface area contributed by atoms with Crippen LogP contribution < -0.4 is 0 Å². The van der Waals surface area contributed by atoms with Crippen LogP contribution in [-0.2, 0) is 6.18 Å². The van der Waals surface area contributed by atoms with Crippen LogP contribution >= 0.6 is 0 Å². The van der Waals surface area contributed by atoms with E-state index in [1.807, 2.05) is 0 Å². The smallest absolute Gasteiger partial charge is 0.433 e. The minimum atomic E-state index is -4.53. The highest BCUT2D eigenvalue weighted by atomic mass is 19.4. The SMILES string of the molecule is O=C(O)c1cccc(-c2ccnc(C(F)(F)F)c2)c1. The number of halogens is 3. The fourth-order valence-corrected chi connectivity index (χ4v) is 1.60. The number of benzene rings is 1. The molecule has 0 fully saturated rings. The quantitative estimate of drug-likeness (QED) is 0.906. The van der Waals surface area contributed by atoms with Gasteiger partial charge in [-0.15, -0.1) is 0 Å². The Kier molecular flexibility index (Phi) is 3.25. The fourth-order valence-electron chi connectivity index (χ4n) is 1.60. The van der Waals surface area contributed by atoms with Gasteiger partial charge in [0.15, 0.2) is 0 Å². The highest BCUT2D eigenvalue weighted by Crippen LogP contribution is 2.30. The lowest BCUT2D eigenvalue weighted by Gasteiger charge is -2.08. The Morgan fingerprint density at radius 1 is 1.11 bits per heavy atom. The Balaban J connectivity index is 2.48. The monoisotopic (exact) mass is 267 g/mol. The van der Waals surface area contributed by atoms with Crippen LogP contribution in [0.25, 0.3) is 11.1 Å². The average molecular weight is 267 g/mol. The molecule has 2 aromatic rings. The molecule has 98 valence electrons. The molecule has 0 aliphatic carbocycles. The van der Waals surface area contributed by atoms with Crippen LogP contribution in [0.5, 0.6) is 0 Å². The Hall–Kier alpha value is -2.37. The van der Waals surface area contributed by atoms with E-state index in [-0.39, 0.29) is 11.1 Å². The van der Waals surface area contributed by atoms with Gasteiger partial charge >= 0.3 is 12.1 Å². The van der Waals surface area contributed by atoms with E-state index in [0.29, 0.717) is 5.56 Å². The molecule has 0 saturated heterocycles. The number of hydrogen-bond acceptors (Lipinski definition) is 2. The second kappa shape index (κ2) is 4.72. The van der Waals surface area contributed by atoms with Crippen molar-refractivity contribution in [2.75, 3.05) is 0 Å². The zero-order valence-corrected chi connectivity index (χ0v) is 9.48. The lowest BCUT2D eigenvalue weighted by molar-refractivity contribution is -0.141. The van der Waals surface area contributed by atoms with Gasteiger partial charge in [-0.25, -0.2) is 4.79 Å². The lowest BCUT2D eigenvalue weighted by atomic mass is 10.0. The van der Waals surface area contributed by atoms with Gasteiger partial charge in [0.2, 0.25) is 0 Å². The molecule has 0 atom stereocenters. The summed E-state index contributed by atoms with van der Waals surface area (Å²) in [6.45, 7) is 0. The number of pyridine rings is 1. The molecule has 1 heterocycles. The molecule has 1 aromatic heterocycles. The van der Waals surface area contributed by atoms with Crippen LogP contribution in [0, 0.1) is 0 Å². The van der Waals surface area contributed by atoms with Gasteiger partial charge in [0.05, 0.1) is 5.56 Å². The fraction of sp³-hybridized carbons (Fsp3) is 0.0769. The number of carboxylic acid groups (broad SMARTS) is 1. The summed E-state index contributed by atoms with van der Waals surface area (Å²) in [4.78, 5) is 14.1. The first-order valence-electron chi connectivity index (χ1n) is 5.25. The maximum Gasteiger partial charge on any atom is 0.433 e. The van der Waals surface area contributed by atoms with Gasteiger partial charge < -0.3 is 5.11 Å². The molecule has 19 heavy (non-hydrogen) atoms. The van der Waals surface area contributed by atoms with Crippen LogP contribution in [0.2, 0.25) is 0 Å². The maximum absolute atomic E-state index is 12.5. The van der Waals surface area contributed by atoms with Crippen molar-refractivity contribution in [1.82, 2.24) is 4.98 Å². The van der Waals surface area contributed by atoms with Crippen LogP contribution in [0.15, 0.2) is 42.6 Å². The summed E-state index contributed by atoms with van der Waals surface area (Å²) >= 11 is 0. The number of nitrogens with zero attached hydrogens (tertiary/aromatic N) is 1. The molecule has 0 saturated carbocycles. The Morgan fingerprint density at radius 3 is 2.42 bits per heavy atom. The standard InChI is InChI=1S/C13H8F3NO2/c14-13(15,16)11-7-9(4-5-17-11)8-2-1-3-10(6-8)12(18)19/h1-7H,(H,18,19). The topological polar surface area (TPSA) is 50.2 Å². The summed E-state index contributed by atoms with van der Waals surface area (Å²) in [6, 6.07) is 8.00. The Labute approximate surface area is 106 Å². The largest absolute Gasteiger partial charge is 0.478 e. The Bertz CT molecular complexity index is 623. The maximum atomic E-state index is 12.5. The third-order valence-electron chi connectivity index (χ3n) is 2.49. The number of hydrogen-bond donors (Lipinski definition) is 1. The molecule has 0 amide bonds. The number of aromatic nitrogens is 1. The number of alkyl halides is 3. The van der Waals surface area contributed by atoms with Crippen molar-refractivity contribution in [2.45, 2.75) is 6.18 Å². The normalized spacial score (nSPS) is 11.3. The molecule has 0 spiro atoms. The molecule has 0 aliphatic heterocycles. The molecule has 0 aliphatic rings.